The Bertz CT molecular complexity index is 616. The van der Waals surface area contributed by atoms with Crippen molar-refractivity contribution in [2.45, 2.75) is 25.4 Å². The molecule has 0 radical (unpaired) electrons. The van der Waals surface area contributed by atoms with E-state index in [2.05, 4.69) is 10.6 Å². The van der Waals surface area contributed by atoms with Gasteiger partial charge in [-0.2, -0.15) is 0 Å². The van der Waals surface area contributed by atoms with Gasteiger partial charge in [0.25, 0.3) is 0 Å². The van der Waals surface area contributed by atoms with Crippen molar-refractivity contribution in [3.05, 3.63) is 23.8 Å². The number of carbonyl (C=O) groups excluding carboxylic acids is 2. The van der Waals surface area contributed by atoms with Crippen molar-refractivity contribution in [2.24, 2.45) is 0 Å². The summed E-state index contributed by atoms with van der Waals surface area (Å²) in [6.45, 7) is 2.89. The van der Waals surface area contributed by atoms with Gasteiger partial charge in [0, 0.05) is 46.0 Å². The van der Waals surface area contributed by atoms with Crippen LogP contribution in [0.3, 0.4) is 0 Å². The first kappa shape index (κ1) is 21.0. The molecule has 1 aliphatic rings. The Morgan fingerprint density at radius 1 is 1.22 bits per heavy atom. The lowest BCUT2D eigenvalue weighted by molar-refractivity contribution is -0.134. The number of ether oxygens (including phenoxy) is 3. The molecule has 2 N–H and O–H groups in total. The molecule has 1 fully saturated rings. The number of carbonyl (C=O) groups is 2. The summed E-state index contributed by atoms with van der Waals surface area (Å²) in [6, 6.07) is 5.13. The normalized spacial score (nSPS) is 17.3. The number of amides is 2. The molecule has 150 valence electrons. The van der Waals surface area contributed by atoms with Gasteiger partial charge in [0.05, 0.1) is 26.7 Å². The zero-order valence-corrected chi connectivity index (χ0v) is 16.2. The summed E-state index contributed by atoms with van der Waals surface area (Å²) >= 11 is 0. The van der Waals surface area contributed by atoms with Crippen molar-refractivity contribution >= 4 is 11.8 Å². The van der Waals surface area contributed by atoms with Gasteiger partial charge < -0.3 is 24.8 Å². The number of methoxy groups -OCH3 is 3. The van der Waals surface area contributed by atoms with Crippen LogP contribution in [0.2, 0.25) is 0 Å². The molecule has 1 aromatic carbocycles. The summed E-state index contributed by atoms with van der Waals surface area (Å²) in [5.74, 6) is 1.13. The molecule has 0 aromatic heterocycles. The number of hydrogen-bond donors (Lipinski definition) is 2. The molecule has 0 saturated carbocycles. The van der Waals surface area contributed by atoms with E-state index in [-0.39, 0.29) is 18.2 Å². The molecule has 1 aliphatic heterocycles. The molecule has 0 aliphatic carbocycles. The molecular formula is C19H29N3O5. The van der Waals surface area contributed by atoms with Gasteiger partial charge in [-0.05, 0) is 24.1 Å². The molecule has 1 unspecified atom stereocenters. The van der Waals surface area contributed by atoms with Gasteiger partial charge in [-0.3, -0.25) is 14.5 Å². The van der Waals surface area contributed by atoms with Crippen LogP contribution in [0.15, 0.2) is 18.2 Å². The van der Waals surface area contributed by atoms with Crippen molar-refractivity contribution in [2.75, 3.05) is 47.6 Å². The number of nitrogens with zero attached hydrogens (tertiary/aromatic N) is 1. The highest BCUT2D eigenvalue weighted by Gasteiger charge is 2.31. The van der Waals surface area contributed by atoms with E-state index >= 15 is 0 Å². The van der Waals surface area contributed by atoms with Crippen LogP contribution < -0.4 is 20.1 Å². The van der Waals surface area contributed by atoms with E-state index in [1.807, 2.05) is 17.0 Å². The molecular weight excluding hydrogens is 350 g/mol. The van der Waals surface area contributed by atoms with Crippen LogP contribution in [0.4, 0.5) is 0 Å². The predicted octanol–water partition coefficient (Wildman–Crippen LogP) is 0.547. The fraction of sp³-hybridized carbons (Fsp3) is 0.579. The third-order valence-corrected chi connectivity index (χ3v) is 4.46. The third-order valence-electron chi connectivity index (χ3n) is 4.46. The van der Waals surface area contributed by atoms with Crippen molar-refractivity contribution in [1.29, 1.82) is 0 Å². The van der Waals surface area contributed by atoms with Gasteiger partial charge in [-0.15, -0.1) is 0 Å². The molecule has 1 saturated heterocycles. The Labute approximate surface area is 160 Å². The SMILES string of the molecule is COCCCNC(=O)CC1C(=O)NCCN1Cc1cc(OC)cc(OC)c1. The Kier molecular flexibility index (Phi) is 8.35. The maximum Gasteiger partial charge on any atom is 0.237 e. The van der Waals surface area contributed by atoms with Gasteiger partial charge in [0.2, 0.25) is 11.8 Å². The first-order valence-corrected chi connectivity index (χ1v) is 9.06. The van der Waals surface area contributed by atoms with E-state index in [0.29, 0.717) is 44.3 Å². The molecule has 1 heterocycles. The fourth-order valence-corrected chi connectivity index (χ4v) is 3.06. The molecule has 1 atom stereocenters. The van der Waals surface area contributed by atoms with E-state index in [0.717, 1.165) is 12.0 Å². The fourth-order valence-electron chi connectivity index (χ4n) is 3.06. The van der Waals surface area contributed by atoms with Gasteiger partial charge in [-0.25, -0.2) is 0 Å². The molecule has 27 heavy (non-hydrogen) atoms. The Morgan fingerprint density at radius 3 is 2.56 bits per heavy atom. The van der Waals surface area contributed by atoms with E-state index in [1.54, 1.807) is 27.4 Å². The Balaban J connectivity index is 2.02. The topological polar surface area (TPSA) is 89.1 Å². The van der Waals surface area contributed by atoms with E-state index in [1.165, 1.54) is 0 Å². The summed E-state index contributed by atoms with van der Waals surface area (Å²) in [5, 5.41) is 5.69. The second-order valence-electron chi connectivity index (χ2n) is 6.40. The molecule has 2 rings (SSSR count). The molecule has 0 spiro atoms. The lowest BCUT2D eigenvalue weighted by Gasteiger charge is -2.34. The van der Waals surface area contributed by atoms with E-state index < -0.39 is 6.04 Å². The zero-order chi connectivity index (χ0) is 19.6. The Hall–Kier alpha value is -2.32. The molecule has 8 nitrogen and oxygen atoms in total. The van der Waals surface area contributed by atoms with Crippen LogP contribution >= 0.6 is 0 Å². The maximum absolute atomic E-state index is 12.4. The summed E-state index contributed by atoms with van der Waals surface area (Å²) in [4.78, 5) is 26.6. The van der Waals surface area contributed by atoms with Crippen molar-refractivity contribution in [3.8, 4) is 11.5 Å². The maximum atomic E-state index is 12.4. The first-order valence-electron chi connectivity index (χ1n) is 9.06. The monoisotopic (exact) mass is 379 g/mol. The first-order chi connectivity index (χ1) is 13.1. The minimum absolute atomic E-state index is 0.122. The standard InChI is InChI=1S/C19H29N3O5/c1-25-8-4-5-20-18(23)12-17-19(24)21-6-7-22(17)13-14-9-15(26-2)11-16(10-14)27-3/h9-11,17H,4-8,12-13H2,1-3H3,(H,20,23)(H,21,24). The van der Waals surface area contributed by atoms with Crippen LogP contribution in [0, 0.1) is 0 Å². The van der Waals surface area contributed by atoms with Crippen LogP contribution in [0.5, 0.6) is 11.5 Å². The number of benzene rings is 1. The highest BCUT2D eigenvalue weighted by molar-refractivity contribution is 5.88. The second-order valence-corrected chi connectivity index (χ2v) is 6.40. The number of nitrogens with one attached hydrogen (secondary N) is 2. The van der Waals surface area contributed by atoms with Gasteiger partial charge in [0.15, 0.2) is 0 Å². The van der Waals surface area contributed by atoms with Gasteiger partial charge in [-0.1, -0.05) is 0 Å². The molecule has 2 amide bonds. The lowest BCUT2D eigenvalue weighted by atomic mass is 10.1. The summed E-state index contributed by atoms with van der Waals surface area (Å²) in [6.07, 6.45) is 0.867. The number of hydrogen-bond acceptors (Lipinski definition) is 6. The molecule has 0 bridgehead atoms. The van der Waals surface area contributed by atoms with Crippen LogP contribution in [-0.4, -0.2) is 70.3 Å². The minimum atomic E-state index is -0.502. The average Bonchev–Trinajstić information content (AvgIpc) is 2.67. The summed E-state index contributed by atoms with van der Waals surface area (Å²) in [7, 11) is 4.83. The Morgan fingerprint density at radius 2 is 1.93 bits per heavy atom. The quantitative estimate of drug-likeness (QED) is 0.577. The van der Waals surface area contributed by atoms with Gasteiger partial charge in [0.1, 0.15) is 11.5 Å². The minimum Gasteiger partial charge on any atom is -0.497 e. The van der Waals surface area contributed by atoms with Crippen molar-refractivity contribution in [1.82, 2.24) is 15.5 Å². The zero-order valence-electron chi connectivity index (χ0n) is 16.2. The van der Waals surface area contributed by atoms with Crippen molar-refractivity contribution < 1.29 is 23.8 Å². The number of piperazine rings is 1. The van der Waals surface area contributed by atoms with Crippen LogP contribution in [0.1, 0.15) is 18.4 Å². The van der Waals surface area contributed by atoms with Crippen LogP contribution in [-0.2, 0) is 20.9 Å². The van der Waals surface area contributed by atoms with Crippen LogP contribution in [0.25, 0.3) is 0 Å². The highest BCUT2D eigenvalue weighted by atomic mass is 16.5. The van der Waals surface area contributed by atoms with E-state index in [4.69, 9.17) is 14.2 Å². The second kappa shape index (κ2) is 10.7. The average molecular weight is 379 g/mol. The predicted molar refractivity (Wildman–Crippen MR) is 101 cm³/mol. The van der Waals surface area contributed by atoms with Gasteiger partial charge >= 0.3 is 0 Å². The third kappa shape index (κ3) is 6.41. The summed E-state index contributed by atoms with van der Waals surface area (Å²) < 4.78 is 15.6. The smallest absolute Gasteiger partial charge is 0.237 e. The van der Waals surface area contributed by atoms with E-state index in [9.17, 15) is 9.59 Å². The molecule has 8 heteroatoms. The largest absolute Gasteiger partial charge is 0.497 e. The lowest BCUT2D eigenvalue weighted by Crippen LogP contribution is -2.56. The number of rotatable bonds is 10. The van der Waals surface area contributed by atoms with Crippen molar-refractivity contribution in [3.63, 3.8) is 0 Å². The highest BCUT2D eigenvalue weighted by Crippen LogP contribution is 2.24. The molecule has 1 aromatic rings. The summed E-state index contributed by atoms with van der Waals surface area (Å²) in [5.41, 5.74) is 0.964.